The second-order valence-electron chi connectivity index (χ2n) is 5.86. The molecule has 1 saturated heterocycles. The van der Waals surface area contributed by atoms with Gasteiger partial charge in [0.25, 0.3) is 11.7 Å². The van der Waals surface area contributed by atoms with Gasteiger partial charge < -0.3 is 14.8 Å². The van der Waals surface area contributed by atoms with Crippen LogP contribution in [0.4, 0.5) is 0 Å². The second kappa shape index (κ2) is 5.93. The van der Waals surface area contributed by atoms with Crippen LogP contribution in [0.5, 0.6) is 0 Å². The summed E-state index contributed by atoms with van der Waals surface area (Å²) in [5.41, 5.74) is 2.59. The van der Waals surface area contributed by atoms with Crippen molar-refractivity contribution >= 4 is 22.6 Å². The third-order valence-electron chi connectivity index (χ3n) is 4.38. The number of likely N-dealkylation sites (N-methyl/N-ethyl adjacent to an activating group) is 1. The molecule has 116 valence electrons. The molecule has 22 heavy (non-hydrogen) atoms. The predicted octanol–water partition coefficient (Wildman–Crippen LogP) is 1.69. The van der Waals surface area contributed by atoms with Crippen molar-refractivity contribution in [2.24, 2.45) is 0 Å². The molecule has 1 N–H and O–H groups in total. The molecule has 0 atom stereocenters. The van der Waals surface area contributed by atoms with Gasteiger partial charge in [0.05, 0.1) is 5.56 Å². The SMILES string of the molecule is CCc1ccc2c(C(=O)C(=O)N3CCN(C)CC3)c[nH]c2c1. The number of ketones is 1. The largest absolute Gasteiger partial charge is 0.360 e. The average molecular weight is 299 g/mol. The van der Waals surface area contributed by atoms with Crippen molar-refractivity contribution in [2.75, 3.05) is 33.2 Å². The molecule has 0 radical (unpaired) electrons. The van der Waals surface area contributed by atoms with Crippen molar-refractivity contribution in [1.82, 2.24) is 14.8 Å². The van der Waals surface area contributed by atoms with Crippen LogP contribution in [0.3, 0.4) is 0 Å². The van der Waals surface area contributed by atoms with Gasteiger partial charge in [-0.25, -0.2) is 0 Å². The Bertz CT molecular complexity index is 712. The highest BCUT2D eigenvalue weighted by molar-refractivity contribution is 6.44. The number of benzene rings is 1. The normalized spacial score (nSPS) is 16.2. The molecule has 1 aliphatic heterocycles. The Morgan fingerprint density at radius 3 is 2.59 bits per heavy atom. The molecule has 5 nitrogen and oxygen atoms in total. The number of hydrogen-bond acceptors (Lipinski definition) is 3. The number of piperazine rings is 1. The van der Waals surface area contributed by atoms with Crippen LogP contribution in [0, 0.1) is 0 Å². The lowest BCUT2D eigenvalue weighted by Gasteiger charge is -2.31. The third kappa shape index (κ3) is 2.64. The van der Waals surface area contributed by atoms with Crippen LogP contribution in [0.25, 0.3) is 10.9 Å². The molecule has 1 aromatic heterocycles. The van der Waals surface area contributed by atoms with Crippen molar-refractivity contribution in [3.05, 3.63) is 35.5 Å². The van der Waals surface area contributed by atoms with Gasteiger partial charge in [-0.2, -0.15) is 0 Å². The summed E-state index contributed by atoms with van der Waals surface area (Å²) in [7, 11) is 2.02. The Kier molecular flexibility index (Phi) is 3.98. The van der Waals surface area contributed by atoms with Gasteiger partial charge in [0.2, 0.25) is 0 Å². The quantitative estimate of drug-likeness (QED) is 0.693. The van der Waals surface area contributed by atoms with Crippen LogP contribution < -0.4 is 0 Å². The maximum atomic E-state index is 12.5. The molecule has 1 fully saturated rings. The van der Waals surface area contributed by atoms with Gasteiger partial charge in [-0.05, 0) is 25.1 Å². The van der Waals surface area contributed by atoms with Gasteiger partial charge in [0.15, 0.2) is 0 Å². The number of rotatable bonds is 3. The van der Waals surface area contributed by atoms with Crippen LogP contribution in [-0.2, 0) is 11.2 Å². The molecule has 1 aliphatic rings. The molecule has 1 amide bonds. The van der Waals surface area contributed by atoms with Gasteiger partial charge in [0.1, 0.15) is 0 Å². The summed E-state index contributed by atoms with van der Waals surface area (Å²) in [6, 6.07) is 5.97. The first-order valence-electron chi connectivity index (χ1n) is 7.72. The molecule has 0 aliphatic carbocycles. The maximum Gasteiger partial charge on any atom is 0.295 e. The molecule has 2 aromatic rings. The van der Waals surface area contributed by atoms with Gasteiger partial charge in [0, 0.05) is 43.3 Å². The van der Waals surface area contributed by atoms with E-state index in [9.17, 15) is 9.59 Å². The molecule has 0 unspecified atom stereocenters. The minimum Gasteiger partial charge on any atom is -0.360 e. The number of aromatic amines is 1. The fourth-order valence-electron chi connectivity index (χ4n) is 2.85. The summed E-state index contributed by atoms with van der Waals surface area (Å²) in [4.78, 5) is 31.9. The number of nitrogens with zero attached hydrogens (tertiary/aromatic N) is 2. The van der Waals surface area contributed by atoms with Crippen molar-refractivity contribution in [1.29, 1.82) is 0 Å². The van der Waals surface area contributed by atoms with Crippen LogP contribution >= 0.6 is 0 Å². The van der Waals surface area contributed by atoms with E-state index >= 15 is 0 Å². The number of amides is 1. The van der Waals surface area contributed by atoms with Crippen LogP contribution in [-0.4, -0.2) is 59.7 Å². The Morgan fingerprint density at radius 2 is 1.91 bits per heavy atom. The van der Waals surface area contributed by atoms with Crippen LogP contribution in [0.15, 0.2) is 24.4 Å². The summed E-state index contributed by atoms with van der Waals surface area (Å²) >= 11 is 0. The molecular weight excluding hydrogens is 278 g/mol. The molecule has 0 spiro atoms. The van der Waals surface area contributed by atoms with E-state index in [1.54, 1.807) is 11.1 Å². The highest BCUT2D eigenvalue weighted by Crippen LogP contribution is 2.21. The first-order chi connectivity index (χ1) is 10.6. The fourth-order valence-corrected chi connectivity index (χ4v) is 2.85. The zero-order valence-corrected chi connectivity index (χ0v) is 13.1. The van der Waals surface area contributed by atoms with E-state index < -0.39 is 11.7 Å². The van der Waals surface area contributed by atoms with Gasteiger partial charge >= 0.3 is 0 Å². The minimum absolute atomic E-state index is 0.395. The smallest absolute Gasteiger partial charge is 0.295 e. The van der Waals surface area contributed by atoms with Crippen molar-refractivity contribution in [3.8, 4) is 0 Å². The summed E-state index contributed by atoms with van der Waals surface area (Å²) in [6.45, 7) is 4.94. The lowest BCUT2D eigenvalue weighted by molar-refractivity contribution is -0.127. The number of hydrogen-bond donors (Lipinski definition) is 1. The topological polar surface area (TPSA) is 56.4 Å². The average Bonchev–Trinajstić information content (AvgIpc) is 2.97. The molecular formula is C17H21N3O2. The van der Waals surface area contributed by atoms with Crippen molar-refractivity contribution in [3.63, 3.8) is 0 Å². The monoisotopic (exact) mass is 299 g/mol. The summed E-state index contributed by atoms with van der Waals surface area (Å²) in [6.07, 6.45) is 2.60. The second-order valence-corrected chi connectivity index (χ2v) is 5.86. The van der Waals surface area contributed by atoms with E-state index in [0.29, 0.717) is 18.7 Å². The fraction of sp³-hybridized carbons (Fsp3) is 0.412. The number of nitrogens with one attached hydrogen (secondary N) is 1. The lowest BCUT2D eigenvalue weighted by atomic mass is 10.1. The molecule has 0 saturated carbocycles. The van der Waals surface area contributed by atoms with E-state index in [1.807, 2.05) is 25.2 Å². The zero-order chi connectivity index (χ0) is 15.7. The predicted molar refractivity (Wildman–Crippen MR) is 86.1 cm³/mol. The Balaban J connectivity index is 1.84. The van der Waals surface area contributed by atoms with E-state index in [-0.39, 0.29) is 0 Å². The summed E-state index contributed by atoms with van der Waals surface area (Å²) < 4.78 is 0. The zero-order valence-electron chi connectivity index (χ0n) is 13.1. The minimum atomic E-state index is -0.417. The number of H-pyrrole nitrogens is 1. The van der Waals surface area contributed by atoms with E-state index in [0.717, 1.165) is 30.4 Å². The number of carbonyl (C=O) groups excluding carboxylic acids is 2. The lowest BCUT2D eigenvalue weighted by Crippen LogP contribution is -2.49. The standard InChI is InChI=1S/C17H21N3O2/c1-3-12-4-5-13-14(11-18-15(13)10-12)16(21)17(22)20-8-6-19(2)7-9-20/h4-5,10-11,18H,3,6-9H2,1-2H3. The molecule has 3 rings (SSSR count). The molecule has 5 heteroatoms. The first kappa shape index (κ1) is 14.8. The van der Waals surface area contributed by atoms with Gasteiger partial charge in [-0.1, -0.05) is 19.1 Å². The Labute approximate surface area is 129 Å². The number of aryl methyl sites for hydroxylation is 1. The van der Waals surface area contributed by atoms with Crippen molar-refractivity contribution in [2.45, 2.75) is 13.3 Å². The Hall–Kier alpha value is -2.14. The molecule has 0 bridgehead atoms. The van der Waals surface area contributed by atoms with E-state index in [2.05, 4.69) is 16.8 Å². The number of aromatic nitrogens is 1. The third-order valence-corrected chi connectivity index (χ3v) is 4.38. The Morgan fingerprint density at radius 1 is 1.18 bits per heavy atom. The van der Waals surface area contributed by atoms with Crippen LogP contribution in [0.1, 0.15) is 22.8 Å². The van der Waals surface area contributed by atoms with Gasteiger partial charge in [-0.15, -0.1) is 0 Å². The van der Waals surface area contributed by atoms with E-state index in [1.165, 1.54) is 5.56 Å². The number of Topliss-reactive ketones (excluding diaryl/α,β-unsaturated/α-hetero) is 1. The number of fused-ring (bicyclic) bond motifs is 1. The first-order valence-corrected chi connectivity index (χ1v) is 7.72. The van der Waals surface area contributed by atoms with E-state index in [4.69, 9.17) is 0 Å². The number of carbonyl (C=O) groups is 2. The highest BCUT2D eigenvalue weighted by Gasteiger charge is 2.27. The maximum absolute atomic E-state index is 12.5. The molecule has 2 heterocycles. The summed E-state index contributed by atoms with van der Waals surface area (Å²) in [5.74, 6) is -0.811. The molecule has 1 aromatic carbocycles. The van der Waals surface area contributed by atoms with Crippen LogP contribution in [0.2, 0.25) is 0 Å². The summed E-state index contributed by atoms with van der Waals surface area (Å²) in [5, 5.41) is 0.824. The highest BCUT2D eigenvalue weighted by atomic mass is 16.2. The van der Waals surface area contributed by atoms with Gasteiger partial charge in [-0.3, -0.25) is 9.59 Å². The van der Waals surface area contributed by atoms with Crippen molar-refractivity contribution < 1.29 is 9.59 Å².